The highest BCUT2D eigenvalue weighted by Crippen LogP contribution is 2.26. The van der Waals surface area contributed by atoms with Gasteiger partial charge < -0.3 is 4.90 Å². The van der Waals surface area contributed by atoms with E-state index in [1.165, 1.54) is 6.07 Å². The highest BCUT2D eigenvalue weighted by Gasteiger charge is 2.12. The molecule has 4 heteroatoms. The summed E-state index contributed by atoms with van der Waals surface area (Å²) in [6.07, 6.45) is 1.71. The van der Waals surface area contributed by atoms with E-state index >= 15 is 0 Å². The average Bonchev–Trinajstić information content (AvgIpc) is 2.35. The lowest BCUT2D eigenvalue weighted by atomic mass is 10.2. The molecule has 0 N–H and O–H groups in total. The minimum atomic E-state index is -0.237. The summed E-state index contributed by atoms with van der Waals surface area (Å²) < 4.78 is 14.6. The second-order valence-electron chi connectivity index (χ2n) is 3.53. The molecule has 0 atom stereocenters. The molecule has 88 valence electrons. The largest absolute Gasteiger partial charge is 0.324 e. The predicted octanol–water partition coefficient (Wildman–Crippen LogP) is 4.14. The number of rotatable bonds is 3. The maximum Gasteiger partial charge on any atom is 0.146 e. The van der Waals surface area contributed by atoms with Crippen LogP contribution in [0.5, 0.6) is 0 Å². The standard InChI is InChI=1S/C13H12BrFN2/c1-2-17(12-6-4-3-5-11(12)15)13-8-7-10(14)9-16-13/h3-9H,2H2,1H3. The fraction of sp³-hybridized carbons (Fsp3) is 0.154. The second-order valence-corrected chi connectivity index (χ2v) is 4.45. The van der Waals surface area contributed by atoms with E-state index in [9.17, 15) is 4.39 Å². The summed E-state index contributed by atoms with van der Waals surface area (Å²) in [5.41, 5.74) is 0.546. The minimum Gasteiger partial charge on any atom is -0.324 e. The van der Waals surface area contributed by atoms with Gasteiger partial charge in [-0.2, -0.15) is 0 Å². The Balaban J connectivity index is 2.40. The minimum absolute atomic E-state index is 0.237. The van der Waals surface area contributed by atoms with E-state index in [1.807, 2.05) is 30.0 Å². The summed E-state index contributed by atoms with van der Waals surface area (Å²) >= 11 is 3.33. The molecule has 2 rings (SSSR count). The van der Waals surface area contributed by atoms with Crippen molar-refractivity contribution in [3.8, 4) is 0 Å². The van der Waals surface area contributed by atoms with Gasteiger partial charge in [0.1, 0.15) is 11.6 Å². The van der Waals surface area contributed by atoms with E-state index < -0.39 is 0 Å². The summed E-state index contributed by atoms with van der Waals surface area (Å²) in [4.78, 5) is 6.11. The topological polar surface area (TPSA) is 16.1 Å². The molecule has 0 aliphatic heterocycles. The van der Waals surface area contributed by atoms with Crippen molar-refractivity contribution in [3.63, 3.8) is 0 Å². The van der Waals surface area contributed by atoms with Crippen LogP contribution in [0.4, 0.5) is 15.9 Å². The highest BCUT2D eigenvalue weighted by molar-refractivity contribution is 9.10. The van der Waals surface area contributed by atoms with E-state index in [2.05, 4.69) is 20.9 Å². The molecule has 0 unspecified atom stereocenters. The Hall–Kier alpha value is -1.42. The first kappa shape index (κ1) is 12.0. The lowest BCUT2D eigenvalue weighted by Crippen LogP contribution is -2.18. The third-order valence-corrected chi connectivity index (χ3v) is 2.92. The Kier molecular flexibility index (Phi) is 3.74. The molecule has 0 saturated carbocycles. The lowest BCUT2D eigenvalue weighted by molar-refractivity contribution is 0.625. The quantitative estimate of drug-likeness (QED) is 0.846. The monoisotopic (exact) mass is 294 g/mol. The van der Waals surface area contributed by atoms with Gasteiger partial charge in [-0.1, -0.05) is 12.1 Å². The van der Waals surface area contributed by atoms with Crippen LogP contribution >= 0.6 is 15.9 Å². The third kappa shape index (κ3) is 2.64. The summed E-state index contributed by atoms with van der Waals surface area (Å²) in [5, 5.41) is 0. The highest BCUT2D eigenvalue weighted by atomic mass is 79.9. The Labute approximate surface area is 108 Å². The molecule has 17 heavy (non-hydrogen) atoms. The molecule has 0 saturated heterocycles. The van der Waals surface area contributed by atoms with Crippen molar-refractivity contribution in [1.82, 2.24) is 4.98 Å². The smallest absolute Gasteiger partial charge is 0.146 e. The fourth-order valence-corrected chi connectivity index (χ4v) is 1.89. The maximum atomic E-state index is 13.7. The van der Waals surface area contributed by atoms with E-state index in [4.69, 9.17) is 0 Å². The molecular formula is C13H12BrFN2. The summed E-state index contributed by atoms with van der Waals surface area (Å²) in [6.45, 7) is 2.63. The van der Waals surface area contributed by atoms with Crippen molar-refractivity contribution in [3.05, 3.63) is 52.9 Å². The normalized spacial score (nSPS) is 10.3. The van der Waals surface area contributed by atoms with Crippen molar-refractivity contribution >= 4 is 27.4 Å². The van der Waals surface area contributed by atoms with Crippen LogP contribution in [-0.4, -0.2) is 11.5 Å². The van der Waals surface area contributed by atoms with Gasteiger partial charge in [-0.25, -0.2) is 9.37 Å². The number of benzene rings is 1. The molecule has 0 aliphatic carbocycles. The fourth-order valence-electron chi connectivity index (χ4n) is 1.65. The first-order valence-corrected chi connectivity index (χ1v) is 6.15. The Morgan fingerprint density at radius 2 is 2.00 bits per heavy atom. The van der Waals surface area contributed by atoms with Crippen LogP contribution in [0.2, 0.25) is 0 Å². The zero-order valence-electron chi connectivity index (χ0n) is 9.40. The van der Waals surface area contributed by atoms with Crippen LogP contribution in [0.1, 0.15) is 6.92 Å². The SMILES string of the molecule is CCN(c1ccc(Br)cn1)c1ccccc1F. The first-order valence-electron chi connectivity index (χ1n) is 5.36. The Bertz CT molecular complexity index is 499. The van der Waals surface area contributed by atoms with Crippen LogP contribution < -0.4 is 4.90 Å². The lowest BCUT2D eigenvalue weighted by Gasteiger charge is -2.22. The van der Waals surface area contributed by atoms with Gasteiger partial charge in [0, 0.05) is 17.2 Å². The van der Waals surface area contributed by atoms with Crippen LogP contribution in [0.15, 0.2) is 47.1 Å². The second kappa shape index (κ2) is 5.27. The van der Waals surface area contributed by atoms with Crippen molar-refractivity contribution < 1.29 is 4.39 Å². The zero-order chi connectivity index (χ0) is 12.3. The van der Waals surface area contributed by atoms with Gasteiger partial charge in [0.2, 0.25) is 0 Å². The van der Waals surface area contributed by atoms with Crippen LogP contribution in [-0.2, 0) is 0 Å². The number of hydrogen-bond acceptors (Lipinski definition) is 2. The molecule has 1 aromatic heterocycles. The number of nitrogens with zero attached hydrogens (tertiary/aromatic N) is 2. The van der Waals surface area contributed by atoms with Gasteiger partial charge in [-0.15, -0.1) is 0 Å². The molecular weight excluding hydrogens is 283 g/mol. The van der Waals surface area contributed by atoms with Gasteiger partial charge in [0.05, 0.1) is 5.69 Å². The molecule has 1 aromatic carbocycles. The number of aromatic nitrogens is 1. The molecule has 0 bridgehead atoms. The number of hydrogen-bond donors (Lipinski definition) is 0. The number of pyridine rings is 1. The van der Waals surface area contributed by atoms with Crippen molar-refractivity contribution in [2.45, 2.75) is 6.92 Å². The molecule has 0 radical (unpaired) electrons. The van der Waals surface area contributed by atoms with Crippen molar-refractivity contribution in [2.24, 2.45) is 0 Å². The molecule has 0 spiro atoms. The average molecular weight is 295 g/mol. The predicted molar refractivity (Wildman–Crippen MR) is 71.0 cm³/mol. The number of anilines is 2. The molecule has 2 aromatic rings. The van der Waals surface area contributed by atoms with Crippen LogP contribution in [0, 0.1) is 5.82 Å². The van der Waals surface area contributed by atoms with Gasteiger partial charge in [0.15, 0.2) is 0 Å². The number of halogens is 2. The van der Waals surface area contributed by atoms with Gasteiger partial charge >= 0.3 is 0 Å². The van der Waals surface area contributed by atoms with E-state index in [1.54, 1.807) is 18.3 Å². The third-order valence-electron chi connectivity index (χ3n) is 2.45. The molecule has 1 heterocycles. The molecule has 0 amide bonds. The van der Waals surface area contributed by atoms with Gasteiger partial charge in [-0.3, -0.25) is 0 Å². The summed E-state index contributed by atoms with van der Waals surface area (Å²) in [5.74, 6) is 0.500. The molecule has 0 fully saturated rings. The molecule has 0 aliphatic rings. The van der Waals surface area contributed by atoms with Crippen LogP contribution in [0.25, 0.3) is 0 Å². The summed E-state index contributed by atoms with van der Waals surface area (Å²) in [7, 11) is 0. The van der Waals surface area contributed by atoms with Crippen molar-refractivity contribution in [1.29, 1.82) is 0 Å². The maximum absolute atomic E-state index is 13.7. The van der Waals surface area contributed by atoms with Crippen LogP contribution in [0.3, 0.4) is 0 Å². The molecule has 2 nitrogen and oxygen atoms in total. The van der Waals surface area contributed by atoms with Crippen molar-refractivity contribution in [2.75, 3.05) is 11.4 Å². The van der Waals surface area contributed by atoms with E-state index in [0.717, 1.165) is 10.3 Å². The van der Waals surface area contributed by atoms with E-state index in [0.29, 0.717) is 12.2 Å². The zero-order valence-corrected chi connectivity index (χ0v) is 11.0. The Morgan fingerprint density at radius 3 is 2.59 bits per heavy atom. The van der Waals surface area contributed by atoms with Gasteiger partial charge in [0.25, 0.3) is 0 Å². The Morgan fingerprint density at radius 1 is 1.24 bits per heavy atom. The van der Waals surface area contributed by atoms with E-state index in [-0.39, 0.29) is 5.82 Å². The first-order chi connectivity index (χ1) is 8.22. The number of para-hydroxylation sites is 1. The summed E-state index contributed by atoms with van der Waals surface area (Å²) in [6, 6.07) is 10.5. The van der Waals surface area contributed by atoms with Gasteiger partial charge in [-0.05, 0) is 47.1 Å².